The molecule has 0 aromatic heterocycles. The van der Waals surface area contributed by atoms with Gasteiger partial charge in [0.25, 0.3) is 0 Å². The third kappa shape index (κ3) is 5.91. The second-order valence-electron chi connectivity index (χ2n) is 5.80. The highest BCUT2D eigenvalue weighted by Gasteiger charge is 2.32. The van der Waals surface area contributed by atoms with Crippen LogP contribution < -0.4 is 0 Å². The lowest BCUT2D eigenvalue weighted by Crippen LogP contribution is -2.31. The standard InChI is InChI=1S/C14H22.C2H6.CH4/c1-13(2,3)14(4,5)11-12-9-7-6-8-10-12;1-2;/h6-10H,11H2,1-5H3;1-2H3;1H4. The van der Waals surface area contributed by atoms with Crippen molar-refractivity contribution in [2.24, 2.45) is 10.8 Å². The van der Waals surface area contributed by atoms with E-state index < -0.39 is 0 Å². The van der Waals surface area contributed by atoms with Crippen molar-refractivity contribution < 1.29 is 0 Å². The molecule has 0 spiro atoms. The lowest BCUT2D eigenvalue weighted by Gasteiger charge is -2.39. The van der Waals surface area contributed by atoms with Crippen molar-refractivity contribution in [1.82, 2.24) is 0 Å². The highest BCUT2D eigenvalue weighted by molar-refractivity contribution is 5.16. The Morgan fingerprint density at radius 2 is 1.24 bits per heavy atom. The quantitative estimate of drug-likeness (QED) is 0.594. The molecule has 0 aliphatic carbocycles. The first kappa shape index (κ1) is 18.6. The molecule has 0 unspecified atom stereocenters. The van der Waals surface area contributed by atoms with E-state index in [4.69, 9.17) is 0 Å². The van der Waals surface area contributed by atoms with Gasteiger partial charge in [0, 0.05) is 0 Å². The second-order valence-corrected chi connectivity index (χ2v) is 5.80. The highest BCUT2D eigenvalue weighted by atomic mass is 14.4. The smallest absolute Gasteiger partial charge is 0.0222 e. The Bertz CT molecular complexity index is 275. The molecular formula is C17H32. The molecule has 0 bridgehead atoms. The van der Waals surface area contributed by atoms with Gasteiger partial charge in [-0.3, -0.25) is 0 Å². The molecule has 0 heteroatoms. The molecule has 0 fully saturated rings. The van der Waals surface area contributed by atoms with Crippen LogP contribution in [-0.4, -0.2) is 0 Å². The van der Waals surface area contributed by atoms with Gasteiger partial charge in [0.1, 0.15) is 0 Å². The van der Waals surface area contributed by atoms with Crippen LogP contribution in [-0.2, 0) is 6.42 Å². The summed E-state index contributed by atoms with van der Waals surface area (Å²) in [5.41, 5.74) is 2.13. The van der Waals surface area contributed by atoms with Crippen LogP contribution in [0.15, 0.2) is 30.3 Å². The van der Waals surface area contributed by atoms with Gasteiger partial charge in [-0.15, -0.1) is 0 Å². The molecule has 0 saturated carbocycles. The number of benzene rings is 1. The van der Waals surface area contributed by atoms with Gasteiger partial charge in [0.05, 0.1) is 0 Å². The SMILES string of the molecule is C.CC.CC(C)(C)C(C)(C)Cc1ccccc1. The molecular weight excluding hydrogens is 204 g/mol. The maximum absolute atomic E-state index is 2.35. The van der Waals surface area contributed by atoms with Crippen LogP contribution in [0.1, 0.15) is 61.5 Å². The first-order valence-corrected chi connectivity index (χ1v) is 6.37. The van der Waals surface area contributed by atoms with Crippen molar-refractivity contribution >= 4 is 0 Å². The Morgan fingerprint density at radius 1 is 0.824 bits per heavy atom. The van der Waals surface area contributed by atoms with Crippen molar-refractivity contribution in [1.29, 1.82) is 0 Å². The monoisotopic (exact) mass is 236 g/mol. The third-order valence-electron chi connectivity index (χ3n) is 3.52. The molecule has 17 heavy (non-hydrogen) atoms. The zero-order chi connectivity index (χ0) is 12.8. The van der Waals surface area contributed by atoms with Crippen molar-refractivity contribution in [2.45, 2.75) is 62.3 Å². The maximum Gasteiger partial charge on any atom is -0.0222 e. The van der Waals surface area contributed by atoms with Crippen LogP contribution >= 0.6 is 0 Å². The number of hydrogen-bond donors (Lipinski definition) is 0. The number of hydrogen-bond acceptors (Lipinski definition) is 0. The van der Waals surface area contributed by atoms with Gasteiger partial charge in [-0.1, -0.05) is 86.2 Å². The summed E-state index contributed by atoms with van der Waals surface area (Å²) in [6, 6.07) is 10.7. The van der Waals surface area contributed by atoms with E-state index in [9.17, 15) is 0 Å². The van der Waals surface area contributed by atoms with E-state index in [0.717, 1.165) is 6.42 Å². The normalized spacial score (nSPS) is 11.0. The van der Waals surface area contributed by atoms with E-state index in [1.165, 1.54) is 5.56 Å². The zero-order valence-corrected chi connectivity index (χ0v) is 12.1. The van der Waals surface area contributed by atoms with Gasteiger partial charge < -0.3 is 0 Å². The largest absolute Gasteiger partial charge is 0.0776 e. The van der Waals surface area contributed by atoms with E-state index >= 15 is 0 Å². The molecule has 1 aromatic rings. The molecule has 0 N–H and O–H groups in total. The highest BCUT2D eigenvalue weighted by Crippen LogP contribution is 2.40. The van der Waals surface area contributed by atoms with Crippen molar-refractivity contribution in [3.05, 3.63) is 35.9 Å². The van der Waals surface area contributed by atoms with Gasteiger partial charge >= 0.3 is 0 Å². The first-order chi connectivity index (χ1) is 7.33. The minimum atomic E-state index is 0. The Morgan fingerprint density at radius 3 is 1.59 bits per heavy atom. The Labute approximate surface area is 109 Å². The topological polar surface area (TPSA) is 0 Å². The molecule has 100 valence electrons. The molecule has 0 aliphatic rings. The van der Waals surface area contributed by atoms with Crippen molar-refractivity contribution in [3.8, 4) is 0 Å². The first-order valence-electron chi connectivity index (χ1n) is 6.37. The average Bonchev–Trinajstić information content (AvgIpc) is 2.20. The molecule has 1 aromatic carbocycles. The van der Waals surface area contributed by atoms with E-state index in [0.29, 0.717) is 10.8 Å². The summed E-state index contributed by atoms with van der Waals surface area (Å²) in [7, 11) is 0. The molecule has 0 saturated heterocycles. The van der Waals surface area contributed by atoms with Crippen LogP contribution in [0.2, 0.25) is 0 Å². The third-order valence-corrected chi connectivity index (χ3v) is 3.52. The maximum atomic E-state index is 2.35. The minimum absolute atomic E-state index is 0. The van der Waals surface area contributed by atoms with E-state index in [2.05, 4.69) is 65.0 Å². The molecule has 1 rings (SSSR count). The zero-order valence-electron chi connectivity index (χ0n) is 12.1. The number of rotatable bonds is 2. The second kappa shape index (κ2) is 7.53. The van der Waals surface area contributed by atoms with E-state index in [1.807, 2.05) is 13.8 Å². The Kier molecular flexibility index (Phi) is 8.23. The average molecular weight is 236 g/mol. The summed E-state index contributed by atoms with van der Waals surface area (Å²) in [5, 5.41) is 0. The van der Waals surface area contributed by atoms with Gasteiger partial charge in [-0.2, -0.15) is 0 Å². The lowest BCUT2D eigenvalue weighted by atomic mass is 9.66. The van der Waals surface area contributed by atoms with Crippen molar-refractivity contribution in [2.75, 3.05) is 0 Å². The Hall–Kier alpha value is -0.780. The molecule has 0 radical (unpaired) electrons. The Balaban J connectivity index is 0. The lowest BCUT2D eigenvalue weighted by molar-refractivity contribution is 0.132. The van der Waals surface area contributed by atoms with Gasteiger partial charge in [0.15, 0.2) is 0 Å². The minimum Gasteiger partial charge on any atom is -0.0776 e. The summed E-state index contributed by atoms with van der Waals surface area (Å²) in [6.45, 7) is 15.6. The van der Waals surface area contributed by atoms with Gasteiger partial charge in [0.2, 0.25) is 0 Å². The van der Waals surface area contributed by atoms with Crippen LogP contribution in [0.25, 0.3) is 0 Å². The van der Waals surface area contributed by atoms with Crippen LogP contribution in [0.4, 0.5) is 0 Å². The summed E-state index contributed by atoms with van der Waals surface area (Å²) in [5.74, 6) is 0. The predicted octanol–water partition coefficient (Wildman–Crippen LogP) is 5.96. The molecule has 0 nitrogen and oxygen atoms in total. The van der Waals surface area contributed by atoms with Crippen LogP contribution in [0.3, 0.4) is 0 Å². The van der Waals surface area contributed by atoms with E-state index in [1.54, 1.807) is 0 Å². The summed E-state index contributed by atoms with van der Waals surface area (Å²) in [6.07, 6.45) is 1.15. The van der Waals surface area contributed by atoms with Crippen LogP contribution in [0, 0.1) is 10.8 Å². The fraction of sp³-hybridized carbons (Fsp3) is 0.647. The van der Waals surface area contributed by atoms with Gasteiger partial charge in [-0.05, 0) is 22.8 Å². The molecule has 0 aliphatic heterocycles. The summed E-state index contributed by atoms with van der Waals surface area (Å²) < 4.78 is 0. The molecule has 0 atom stereocenters. The van der Waals surface area contributed by atoms with Gasteiger partial charge in [-0.25, -0.2) is 0 Å². The fourth-order valence-corrected chi connectivity index (χ4v) is 1.37. The predicted molar refractivity (Wildman–Crippen MR) is 81.5 cm³/mol. The molecule has 0 amide bonds. The van der Waals surface area contributed by atoms with Crippen molar-refractivity contribution in [3.63, 3.8) is 0 Å². The van der Waals surface area contributed by atoms with E-state index in [-0.39, 0.29) is 7.43 Å². The van der Waals surface area contributed by atoms with Crippen LogP contribution in [0.5, 0.6) is 0 Å². The fourth-order valence-electron chi connectivity index (χ4n) is 1.37. The summed E-state index contributed by atoms with van der Waals surface area (Å²) in [4.78, 5) is 0. The summed E-state index contributed by atoms with van der Waals surface area (Å²) >= 11 is 0. The molecule has 0 heterocycles.